The first-order chi connectivity index (χ1) is 12.7. The maximum atomic E-state index is 13.1. The molecule has 0 radical (unpaired) electrons. The van der Waals surface area contributed by atoms with Crippen molar-refractivity contribution in [2.45, 2.75) is 32.4 Å². The molecule has 0 spiro atoms. The lowest BCUT2D eigenvalue weighted by Gasteiger charge is -2.27. The minimum Gasteiger partial charge on any atom is -0.486 e. The number of carbonyl (C=O) groups excluding carboxylic acids is 1. The summed E-state index contributed by atoms with van der Waals surface area (Å²) in [7, 11) is 0. The number of para-hydroxylation sites is 1. The topological polar surface area (TPSA) is 48.0 Å². The molecule has 2 heterocycles. The van der Waals surface area contributed by atoms with Gasteiger partial charge in [-0.05, 0) is 49.1 Å². The number of hydrogen-bond donors (Lipinski definition) is 0. The van der Waals surface area contributed by atoms with Gasteiger partial charge in [-0.25, -0.2) is 0 Å². The van der Waals surface area contributed by atoms with Crippen LogP contribution < -0.4 is 14.4 Å². The summed E-state index contributed by atoms with van der Waals surface area (Å²) in [6.45, 7) is 4.27. The number of benzene rings is 2. The summed E-state index contributed by atoms with van der Waals surface area (Å²) in [5.41, 5.74) is 2.99. The standard InChI is InChI=1S/C21H23NO4/c1-15-5-2-3-6-17(15)22(21(23)19-7-4-10-24-19)14-16-8-9-18-20(13-16)26-12-11-25-18/h2-3,5-6,8-9,13,19H,4,7,10-12,14H2,1H3/t19-/m1/s1. The third-order valence-corrected chi connectivity index (χ3v) is 4.82. The molecule has 0 aliphatic carbocycles. The Hall–Kier alpha value is -2.53. The Kier molecular flexibility index (Phi) is 4.80. The van der Waals surface area contributed by atoms with Gasteiger partial charge in [-0.15, -0.1) is 0 Å². The predicted octanol–water partition coefficient (Wildman–Crippen LogP) is 3.48. The highest BCUT2D eigenvalue weighted by Gasteiger charge is 2.30. The quantitative estimate of drug-likeness (QED) is 0.844. The lowest BCUT2D eigenvalue weighted by molar-refractivity contribution is -0.127. The van der Waals surface area contributed by atoms with E-state index in [1.807, 2.05) is 54.3 Å². The zero-order chi connectivity index (χ0) is 17.9. The van der Waals surface area contributed by atoms with Crippen molar-refractivity contribution in [1.82, 2.24) is 0 Å². The number of amides is 1. The average Bonchev–Trinajstić information content (AvgIpc) is 3.21. The molecule has 5 heteroatoms. The molecule has 2 aliphatic rings. The van der Waals surface area contributed by atoms with E-state index in [4.69, 9.17) is 14.2 Å². The maximum absolute atomic E-state index is 13.1. The third kappa shape index (κ3) is 3.40. The first-order valence-corrected chi connectivity index (χ1v) is 9.09. The van der Waals surface area contributed by atoms with Crippen molar-refractivity contribution in [3.63, 3.8) is 0 Å². The summed E-state index contributed by atoms with van der Waals surface area (Å²) in [5, 5.41) is 0. The fraction of sp³-hybridized carbons (Fsp3) is 0.381. The van der Waals surface area contributed by atoms with Gasteiger partial charge in [0.15, 0.2) is 11.5 Å². The molecule has 0 saturated carbocycles. The molecule has 0 N–H and O–H groups in total. The van der Waals surface area contributed by atoms with E-state index in [0.717, 1.165) is 41.2 Å². The number of hydrogen-bond acceptors (Lipinski definition) is 4. The molecule has 2 aromatic rings. The normalized spacial score (nSPS) is 18.6. The van der Waals surface area contributed by atoms with Crippen LogP contribution in [0.4, 0.5) is 5.69 Å². The van der Waals surface area contributed by atoms with Crippen LogP contribution in [0.25, 0.3) is 0 Å². The first-order valence-electron chi connectivity index (χ1n) is 9.09. The van der Waals surface area contributed by atoms with Gasteiger partial charge in [0.2, 0.25) is 0 Å². The van der Waals surface area contributed by atoms with E-state index in [2.05, 4.69) is 0 Å². The van der Waals surface area contributed by atoms with Crippen LogP contribution in [-0.2, 0) is 16.1 Å². The molecular weight excluding hydrogens is 330 g/mol. The molecule has 1 amide bonds. The van der Waals surface area contributed by atoms with E-state index < -0.39 is 0 Å². The molecule has 5 nitrogen and oxygen atoms in total. The summed E-state index contributed by atoms with van der Waals surface area (Å²) < 4.78 is 16.9. The van der Waals surface area contributed by atoms with Crippen molar-refractivity contribution in [3.8, 4) is 11.5 Å². The van der Waals surface area contributed by atoms with E-state index >= 15 is 0 Å². The molecule has 136 valence electrons. The number of aryl methyl sites for hydroxylation is 1. The summed E-state index contributed by atoms with van der Waals surface area (Å²) in [6, 6.07) is 13.8. The lowest BCUT2D eigenvalue weighted by atomic mass is 10.1. The molecule has 0 aromatic heterocycles. The van der Waals surface area contributed by atoms with Crippen molar-refractivity contribution < 1.29 is 19.0 Å². The Bertz CT molecular complexity index is 798. The largest absolute Gasteiger partial charge is 0.486 e. The summed E-state index contributed by atoms with van der Waals surface area (Å²) in [5.74, 6) is 1.52. The minimum atomic E-state index is -0.355. The van der Waals surface area contributed by atoms with Crippen LogP contribution >= 0.6 is 0 Å². The number of rotatable bonds is 4. The minimum absolute atomic E-state index is 0.0201. The second-order valence-electron chi connectivity index (χ2n) is 6.69. The van der Waals surface area contributed by atoms with Crippen LogP contribution in [-0.4, -0.2) is 31.8 Å². The van der Waals surface area contributed by atoms with Gasteiger partial charge in [0.1, 0.15) is 19.3 Å². The van der Waals surface area contributed by atoms with Gasteiger partial charge in [-0.1, -0.05) is 24.3 Å². The van der Waals surface area contributed by atoms with Crippen molar-refractivity contribution in [3.05, 3.63) is 53.6 Å². The van der Waals surface area contributed by atoms with Gasteiger partial charge in [-0.2, -0.15) is 0 Å². The van der Waals surface area contributed by atoms with Gasteiger partial charge in [-0.3, -0.25) is 4.79 Å². The second kappa shape index (κ2) is 7.38. The molecule has 4 rings (SSSR count). The Balaban J connectivity index is 1.64. The Morgan fingerprint density at radius 2 is 1.88 bits per heavy atom. The van der Waals surface area contributed by atoms with Crippen molar-refractivity contribution in [2.75, 3.05) is 24.7 Å². The number of carbonyl (C=O) groups is 1. The number of ether oxygens (including phenoxy) is 3. The highest BCUT2D eigenvalue weighted by atomic mass is 16.6. The van der Waals surface area contributed by atoms with E-state index in [0.29, 0.717) is 26.4 Å². The van der Waals surface area contributed by atoms with Gasteiger partial charge in [0, 0.05) is 12.3 Å². The molecule has 2 aliphatic heterocycles. The molecule has 26 heavy (non-hydrogen) atoms. The van der Waals surface area contributed by atoms with Crippen molar-refractivity contribution >= 4 is 11.6 Å². The van der Waals surface area contributed by atoms with Crippen LogP contribution in [0.5, 0.6) is 11.5 Å². The molecule has 0 bridgehead atoms. The highest BCUT2D eigenvalue weighted by Crippen LogP contribution is 2.32. The SMILES string of the molecule is Cc1ccccc1N(Cc1ccc2c(c1)OCCO2)C(=O)[C@H]1CCCO1. The van der Waals surface area contributed by atoms with Crippen LogP contribution in [0.15, 0.2) is 42.5 Å². The number of anilines is 1. The fourth-order valence-corrected chi connectivity index (χ4v) is 3.46. The summed E-state index contributed by atoms with van der Waals surface area (Å²) in [4.78, 5) is 15.0. The Labute approximate surface area is 153 Å². The summed E-state index contributed by atoms with van der Waals surface area (Å²) >= 11 is 0. The summed E-state index contributed by atoms with van der Waals surface area (Å²) in [6.07, 6.45) is 1.36. The van der Waals surface area contributed by atoms with Gasteiger partial charge in [0.25, 0.3) is 5.91 Å². The lowest BCUT2D eigenvalue weighted by Crippen LogP contribution is -2.39. The number of nitrogens with zero attached hydrogens (tertiary/aromatic N) is 1. The Morgan fingerprint density at radius 3 is 2.65 bits per heavy atom. The van der Waals surface area contributed by atoms with Crippen LogP contribution in [0.3, 0.4) is 0 Å². The van der Waals surface area contributed by atoms with E-state index in [-0.39, 0.29) is 12.0 Å². The fourth-order valence-electron chi connectivity index (χ4n) is 3.46. The molecule has 0 unspecified atom stereocenters. The predicted molar refractivity (Wildman–Crippen MR) is 98.8 cm³/mol. The number of fused-ring (bicyclic) bond motifs is 1. The third-order valence-electron chi connectivity index (χ3n) is 4.82. The van der Waals surface area contributed by atoms with Gasteiger partial charge >= 0.3 is 0 Å². The molecule has 1 fully saturated rings. The van der Waals surface area contributed by atoms with E-state index in [9.17, 15) is 4.79 Å². The molecule has 1 saturated heterocycles. The van der Waals surface area contributed by atoms with Crippen molar-refractivity contribution in [2.24, 2.45) is 0 Å². The Morgan fingerprint density at radius 1 is 1.08 bits per heavy atom. The van der Waals surface area contributed by atoms with Gasteiger partial charge < -0.3 is 19.1 Å². The monoisotopic (exact) mass is 353 g/mol. The van der Waals surface area contributed by atoms with Crippen LogP contribution in [0.2, 0.25) is 0 Å². The van der Waals surface area contributed by atoms with E-state index in [1.54, 1.807) is 0 Å². The maximum Gasteiger partial charge on any atom is 0.256 e. The highest BCUT2D eigenvalue weighted by molar-refractivity contribution is 5.97. The van der Waals surface area contributed by atoms with Crippen LogP contribution in [0.1, 0.15) is 24.0 Å². The van der Waals surface area contributed by atoms with E-state index in [1.165, 1.54) is 0 Å². The smallest absolute Gasteiger partial charge is 0.256 e. The molecule has 2 aromatic carbocycles. The second-order valence-corrected chi connectivity index (χ2v) is 6.69. The van der Waals surface area contributed by atoms with Crippen molar-refractivity contribution in [1.29, 1.82) is 0 Å². The zero-order valence-electron chi connectivity index (χ0n) is 14.9. The average molecular weight is 353 g/mol. The van der Waals surface area contributed by atoms with Gasteiger partial charge in [0.05, 0.1) is 6.54 Å². The molecular formula is C21H23NO4. The molecule has 1 atom stereocenters. The van der Waals surface area contributed by atoms with Crippen LogP contribution in [0, 0.1) is 6.92 Å². The first kappa shape index (κ1) is 16.9. The zero-order valence-corrected chi connectivity index (χ0v) is 14.9.